The van der Waals surface area contributed by atoms with Crippen LogP contribution in [-0.4, -0.2) is 42.3 Å². The normalized spacial score (nSPS) is 20.3. The van der Waals surface area contributed by atoms with E-state index >= 15 is 0 Å². The van der Waals surface area contributed by atoms with Gasteiger partial charge in [0.25, 0.3) is 0 Å². The van der Waals surface area contributed by atoms with E-state index < -0.39 is 12.2 Å². The maximum Gasteiger partial charge on any atom is 0.356 e. The number of terminal acetylenes is 1. The van der Waals surface area contributed by atoms with Crippen LogP contribution in [0.25, 0.3) is 0 Å². The van der Waals surface area contributed by atoms with E-state index in [1.807, 2.05) is 0 Å². The standard InChI is InChI=1S/C13H19NO4/c1-5-6-7-10-8-11(15)14(10)12(17-4)13(16)18-9(2)3/h1,9-10,12H,6-8H2,2-4H3. The number of rotatable bonds is 6. The summed E-state index contributed by atoms with van der Waals surface area (Å²) in [4.78, 5) is 24.8. The third-order valence-corrected chi connectivity index (χ3v) is 2.74. The quantitative estimate of drug-likeness (QED) is 0.401. The van der Waals surface area contributed by atoms with Crippen LogP contribution in [0.2, 0.25) is 0 Å². The Bertz CT molecular complexity index is 358. The van der Waals surface area contributed by atoms with E-state index in [2.05, 4.69) is 5.92 Å². The molecule has 0 aliphatic carbocycles. The van der Waals surface area contributed by atoms with Crippen LogP contribution < -0.4 is 0 Å². The summed E-state index contributed by atoms with van der Waals surface area (Å²) in [5.41, 5.74) is 0. The minimum atomic E-state index is -0.962. The molecule has 0 aromatic carbocycles. The van der Waals surface area contributed by atoms with Gasteiger partial charge in [0.1, 0.15) is 0 Å². The zero-order valence-electron chi connectivity index (χ0n) is 11.0. The largest absolute Gasteiger partial charge is 0.460 e. The molecule has 2 unspecified atom stereocenters. The van der Waals surface area contributed by atoms with Crippen molar-refractivity contribution in [1.82, 2.24) is 4.90 Å². The van der Waals surface area contributed by atoms with Gasteiger partial charge in [0.15, 0.2) is 0 Å². The van der Waals surface area contributed by atoms with E-state index in [-0.39, 0.29) is 18.1 Å². The van der Waals surface area contributed by atoms with Crippen LogP contribution >= 0.6 is 0 Å². The predicted molar refractivity (Wildman–Crippen MR) is 65.3 cm³/mol. The van der Waals surface area contributed by atoms with Crippen LogP contribution in [0.15, 0.2) is 0 Å². The average molecular weight is 253 g/mol. The number of hydrogen-bond acceptors (Lipinski definition) is 4. The first kappa shape index (κ1) is 14.5. The Balaban J connectivity index is 2.65. The van der Waals surface area contributed by atoms with Gasteiger partial charge in [-0.2, -0.15) is 0 Å². The zero-order chi connectivity index (χ0) is 13.7. The summed E-state index contributed by atoms with van der Waals surface area (Å²) in [6.07, 6.45) is 5.66. The maximum atomic E-state index is 11.8. The third-order valence-electron chi connectivity index (χ3n) is 2.74. The molecule has 0 aromatic rings. The van der Waals surface area contributed by atoms with Crippen LogP contribution in [0.4, 0.5) is 0 Å². The van der Waals surface area contributed by atoms with Crippen molar-refractivity contribution in [3.8, 4) is 12.3 Å². The number of esters is 1. The van der Waals surface area contributed by atoms with Crippen molar-refractivity contribution in [1.29, 1.82) is 0 Å². The van der Waals surface area contributed by atoms with E-state index in [4.69, 9.17) is 15.9 Å². The number of likely N-dealkylation sites (tertiary alicyclic amines) is 1. The molecule has 1 heterocycles. The summed E-state index contributed by atoms with van der Waals surface area (Å²) in [6, 6.07) is -0.0294. The van der Waals surface area contributed by atoms with Crippen molar-refractivity contribution in [3.63, 3.8) is 0 Å². The molecule has 1 amide bonds. The van der Waals surface area contributed by atoms with Gasteiger partial charge in [0, 0.05) is 26.0 Å². The Labute approximate surface area is 107 Å². The lowest BCUT2D eigenvalue weighted by Crippen LogP contribution is -2.60. The summed E-state index contributed by atoms with van der Waals surface area (Å²) >= 11 is 0. The van der Waals surface area contributed by atoms with Crippen LogP contribution in [0.5, 0.6) is 0 Å². The number of carbonyl (C=O) groups excluding carboxylic acids is 2. The molecule has 1 fully saturated rings. The van der Waals surface area contributed by atoms with Gasteiger partial charge < -0.3 is 14.4 Å². The molecule has 0 aromatic heterocycles. The van der Waals surface area contributed by atoms with Gasteiger partial charge in [-0.1, -0.05) is 0 Å². The van der Waals surface area contributed by atoms with E-state index in [1.54, 1.807) is 13.8 Å². The average Bonchev–Trinajstić information content (AvgIpc) is 2.29. The molecular weight excluding hydrogens is 234 g/mol. The Hall–Kier alpha value is -1.54. The molecule has 0 spiro atoms. The fraction of sp³-hybridized carbons (Fsp3) is 0.692. The minimum absolute atomic E-state index is 0.0294. The van der Waals surface area contributed by atoms with Crippen LogP contribution in [-0.2, 0) is 19.1 Å². The number of β-lactam (4-membered cyclic amide) rings is 1. The summed E-state index contributed by atoms with van der Waals surface area (Å²) in [5, 5.41) is 0. The smallest absolute Gasteiger partial charge is 0.356 e. The second-order valence-corrected chi connectivity index (χ2v) is 4.48. The van der Waals surface area contributed by atoms with E-state index in [1.165, 1.54) is 12.0 Å². The fourth-order valence-electron chi connectivity index (χ4n) is 1.92. The maximum absolute atomic E-state index is 11.8. The topological polar surface area (TPSA) is 55.8 Å². The molecule has 0 bridgehead atoms. The molecule has 5 heteroatoms. The van der Waals surface area contributed by atoms with Crippen molar-refractivity contribution in [3.05, 3.63) is 0 Å². The molecule has 1 saturated heterocycles. The Morgan fingerprint density at radius 1 is 1.61 bits per heavy atom. The van der Waals surface area contributed by atoms with Crippen molar-refractivity contribution in [2.45, 2.75) is 51.5 Å². The predicted octanol–water partition coefficient (Wildman–Crippen LogP) is 0.925. The number of carbonyl (C=O) groups is 2. The van der Waals surface area contributed by atoms with E-state index in [9.17, 15) is 9.59 Å². The number of nitrogens with zero attached hydrogens (tertiary/aromatic N) is 1. The molecule has 0 saturated carbocycles. The highest BCUT2D eigenvalue weighted by atomic mass is 16.6. The first-order valence-corrected chi connectivity index (χ1v) is 5.99. The zero-order valence-corrected chi connectivity index (χ0v) is 11.0. The van der Waals surface area contributed by atoms with Crippen LogP contribution in [0.3, 0.4) is 0 Å². The number of hydrogen-bond donors (Lipinski definition) is 0. The van der Waals surface area contributed by atoms with Gasteiger partial charge in [0.2, 0.25) is 12.1 Å². The number of methoxy groups -OCH3 is 1. The Morgan fingerprint density at radius 3 is 2.72 bits per heavy atom. The summed E-state index contributed by atoms with van der Waals surface area (Å²) in [6.45, 7) is 3.50. The first-order chi connectivity index (χ1) is 8.51. The van der Waals surface area contributed by atoms with Gasteiger partial charge >= 0.3 is 5.97 Å². The second-order valence-electron chi connectivity index (χ2n) is 4.48. The lowest BCUT2D eigenvalue weighted by molar-refractivity contribution is -0.190. The SMILES string of the molecule is C#CCCC1CC(=O)N1C(OC)C(=O)OC(C)C. The van der Waals surface area contributed by atoms with E-state index in [0.717, 1.165) is 0 Å². The lowest BCUT2D eigenvalue weighted by Gasteiger charge is -2.43. The Morgan fingerprint density at radius 2 is 2.28 bits per heavy atom. The molecule has 0 radical (unpaired) electrons. The lowest BCUT2D eigenvalue weighted by atomic mass is 9.96. The van der Waals surface area contributed by atoms with Gasteiger partial charge in [-0.3, -0.25) is 4.79 Å². The molecule has 100 valence electrons. The number of ether oxygens (including phenoxy) is 2. The highest BCUT2D eigenvalue weighted by Crippen LogP contribution is 2.27. The van der Waals surface area contributed by atoms with Crippen LogP contribution in [0.1, 0.15) is 33.1 Å². The van der Waals surface area contributed by atoms with Gasteiger partial charge in [-0.25, -0.2) is 4.79 Å². The van der Waals surface area contributed by atoms with Crippen molar-refractivity contribution in [2.75, 3.05) is 7.11 Å². The Kier molecular flexibility index (Phi) is 5.17. The van der Waals surface area contributed by atoms with Crippen LogP contribution in [0, 0.1) is 12.3 Å². The number of amides is 1. The molecule has 2 atom stereocenters. The monoisotopic (exact) mass is 253 g/mol. The molecule has 5 nitrogen and oxygen atoms in total. The summed E-state index contributed by atoms with van der Waals surface area (Å²) in [7, 11) is 1.39. The van der Waals surface area contributed by atoms with Crippen molar-refractivity contribution >= 4 is 11.9 Å². The summed E-state index contributed by atoms with van der Waals surface area (Å²) in [5.74, 6) is 1.88. The molecule has 18 heavy (non-hydrogen) atoms. The second kappa shape index (κ2) is 6.41. The molecular formula is C13H19NO4. The van der Waals surface area contributed by atoms with Gasteiger partial charge in [0.05, 0.1) is 6.10 Å². The molecule has 1 rings (SSSR count). The molecule has 1 aliphatic heterocycles. The van der Waals surface area contributed by atoms with Gasteiger partial charge in [-0.15, -0.1) is 12.3 Å². The fourth-order valence-corrected chi connectivity index (χ4v) is 1.92. The highest BCUT2D eigenvalue weighted by molar-refractivity contribution is 5.88. The molecule has 0 N–H and O–H groups in total. The van der Waals surface area contributed by atoms with E-state index in [0.29, 0.717) is 19.3 Å². The summed E-state index contributed by atoms with van der Waals surface area (Å²) < 4.78 is 10.1. The highest BCUT2D eigenvalue weighted by Gasteiger charge is 2.44. The minimum Gasteiger partial charge on any atom is -0.460 e. The van der Waals surface area contributed by atoms with Crippen molar-refractivity contribution < 1.29 is 19.1 Å². The van der Waals surface area contributed by atoms with Crippen molar-refractivity contribution in [2.24, 2.45) is 0 Å². The third kappa shape index (κ3) is 3.23. The van der Waals surface area contributed by atoms with Gasteiger partial charge in [-0.05, 0) is 20.3 Å². The first-order valence-electron chi connectivity index (χ1n) is 5.99. The molecule has 1 aliphatic rings.